The Morgan fingerprint density at radius 3 is 2.46 bits per heavy atom. The number of carbonyl (C=O) groups is 1. The number of carbonyl (C=O) groups excluding carboxylic acids is 1. The van der Waals surface area contributed by atoms with Crippen LogP contribution in [0, 0.1) is 18.7 Å². The molecule has 0 unspecified atom stereocenters. The van der Waals surface area contributed by atoms with E-state index in [2.05, 4.69) is 24.5 Å². The first-order valence-corrected chi connectivity index (χ1v) is 8.29. The van der Waals surface area contributed by atoms with Gasteiger partial charge in [-0.1, -0.05) is 43.6 Å². The molecule has 0 radical (unpaired) electrons. The largest absolute Gasteiger partial charge is 0.325 e. The van der Waals surface area contributed by atoms with Crippen molar-refractivity contribution in [3.8, 4) is 0 Å². The summed E-state index contributed by atoms with van der Waals surface area (Å²) in [4.78, 5) is 12.2. The number of halogens is 2. The van der Waals surface area contributed by atoms with E-state index in [-0.39, 0.29) is 30.2 Å². The quantitative estimate of drug-likeness (QED) is 0.793. The summed E-state index contributed by atoms with van der Waals surface area (Å²) in [5, 5.41) is 6.68. The molecular formula is C19H22ClFN2O. The molecule has 24 heavy (non-hydrogen) atoms. The second-order valence-corrected chi connectivity index (χ2v) is 6.60. The van der Waals surface area contributed by atoms with Gasteiger partial charge in [0.1, 0.15) is 5.82 Å². The van der Waals surface area contributed by atoms with E-state index in [1.165, 1.54) is 12.1 Å². The Morgan fingerprint density at radius 1 is 1.17 bits per heavy atom. The van der Waals surface area contributed by atoms with Crippen molar-refractivity contribution in [2.45, 2.75) is 26.8 Å². The lowest BCUT2D eigenvalue weighted by molar-refractivity contribution is -0.115. The van der Waals surface area contributed by atoms with E-state index in [1.807, 2.05) is 13.0 Å². The number of hydrogen-bond acceptors (Lipinski definition) is 2. The smallest absolute Gasteiger partial charge is 0.238 e. The van der Waals surface area contributed by atoms with Crippen LogP contribution in [0.5, 0.6) is 0 Å². The Kier molecular flexibility index (Phi) is 6.35. The highest BCUT2D eigenvalue weighted by Crippen LogP contribution is 2.22. The lowest BCUT2D eigenvalue weighted by Gasteiger charge is -2.23. The Hall–Kier alpha value is -1.91. The normalized spacial score (nSPS) is 12.2. The maximum Gasteiger partial charge on any atom is 0.238 e. The van der Waals surface area contributed by atoms with Gasteiger partial charge >= 0.3 is 0 Å². The maximum absolute atomic E-state index is 13.1. The van der Waals surface area contributed by atoms with Crippen LogP contribution in [-0.2, 0) is 4.79 Å². The monoisotopic (exact) mass is 348 g/mol. The minimum atomic E-state index is -0.268. The van der Waals surface area contributed by atoms with Crippen molar-refractivity contribution >= 4 is 23.2 Å². The summed E-state index contributed by atoms with van der Waals surface area (Å²) in [6.45, 7) is 6.18. The van der Waals surface area contributed by atoms with E-state index in [0.29, 0.717) is 10.7 Å². The molecule has 2 aromatic rings. The van der Waals surface area contributed by atoms with Crippen LogP contribution in [0.15, 0.2) is 42.5 Å². The summed E-state index contributed by atoms with van der Waals surface area (Å²) in [5.41, 5.74) is 2.61. The molecule has 0 aromatic heterocycles. The first kappa shape index (κ1) is 18.4. The van der Waals surface area contributed by atoms with Crippen LogP contribution in [0.4, 0.5) is 10.1 Å². The molecule has 0 saturated heterocycles. The Balaban J connectivity index is 2.00. The third kappa shape index (κ3) is 5.05. The van der Waals surface area contributed by atoms with Crippen molar-refractivity contribution in [2.24, 2.45) is 5.92 Å². The summed E-state index contributed by atoms with van der Waals surface area (Å²) >= 11 is 5.96. The first-order valence-electron chi connectivity index (χ1n) is 7.91. The van der Waals surface area contributed by atoms with Gasteiger partial charge in [0, 0.05) is 16.8 Å². The molecule has 128 valence electrons. The van der Waals surface area contributed by atoms with Crippen LogP contribution in [0.3, 0.4) is 0 Å². The highest BCUT2D eigenvalue weighted by atomic mass is 35.5. The zero-order chi connectivity index (χ0) is 17.7. The summed E-state index contributed by atoms with van der Waals surface area (Å²) in [5.74, 6) is -0.153. The molecule has 2 aromatic carbocycles. The molecule has 5 heteroatoms. The van der Waals surface area contributed by atoms with Crippen molar-refractivity contribution in [3.05, 3.63) is 64.4 Å². The van der Waals surface area contributed by atoms with Gasteiger partial charge in [0.05, 0.1) is 6.54 Å². The van der Waals surface area contributed by atoms with Crippen LogP contribution in [0.25, 0.3) is 0 Å². The zero-order valence-electron chi connectivity index (χ0n) is 14.1. The van der Waals surface area contributed by atoms with Crippen molar-refractivity contribution in [2.75, 3.05) is 11.9 Å². The third-order valence-electron chi connectivity index (χ3n) is 3.85. The predicted octanol–water partition coefficient (Wildman–Crippen LogP) is 4.71. The highest BCUT2D eigenvalue weighted by molar-refractivity contribution is 6.31. The zero-order valence-corrected chi connectivity index (χ0v) is 14.8. The van der Waals surface area contributed by atoms with Gasteiger partial charge in [-0.05, 0) is 48.2 Å². The number of rotatable bonds is 6. The fraction of sp³-hybridized carbons (Fsp3) is 0.316. The van der Waals surface area contributed by atoms with Crippen LogP contribution in [0.1, 0.15) is 31.0 Å². The second kappa shape index (κ2) is 8.27. The summed E-state index contributed by atoms with van der Waals surface area (Å²) in [6.07, 6.45) is 0. The molecule has 0 aliphatic carbocycles. The molecule has 1 atom stereocenters. The number of nitrogens with one attached hydrogen (secondary N) is 2. The van der Waals surface area contributed by atoms with Crippen LogP contribution in [-0.4, -0.2) is 12.5 Å². The molecule has 0 saturated carbocycles. The summed E-state index contributed by atoms with van der Waals surface area (Å²) in [7, 11) is 0. The van der Waals surface area contributed by atoms with Crippen molar-refractivity contribution < 1.29 is 9.18 Å². The lowest BCUT2D eigenvalue weighted by Crippen LogP contribution is -2.33. The van der Waals surface area contributed by atoms with E-state index in [1.54, 1.807) is 24.3 Å². The van der Waals surface area contributed by atoms with Gasteiger partial charge in [-0.3, -0.25) is 4.79 Å². The van der Waals surface area contributed by atoms with Gasteiger partial charge in [-0.15, -0.1) is 0 Å². The average Bonchev–Trinajstić information content (AvgIpc) is 2.52. The number of amides is 1. The molecule has 2 rings (SSSR count). The fourth-order valence-electron chi connectivity index (χ4n) is 2.53. The highest BCUT2D eigenvalue weighted by Gasteiger charge is 2.17. The van der Waals surface area contributed by atoms with Crippen LogP contribution in [0.2, 0.25) is 5.02 Å². The number of aryl methyl sites for hydroxylation is 1. The average molecular weight is 349 g/mol. The van der Waals surface area contributed by atoms with Crippen molar-refractivity contribution in [1.29, 1.82) is 0 Å². The lowest BCUT2D eigenvalue weighted by atomic mass is 9.96. The van der Waals surface area contributed by atoms with Gasteiger partial charge in [0.2, 0.25) is 5.91 Å². The van der Waals surface area contributed by atoms with Gasteiger partial charge in [0.15, 0.2) is 0 Å². The SMILES string of the molecule is Cc1ccc(Cl)cc1NC(=O)CN[C@H](c1ccc(F)cc1)C(C)C. The van der Waals surface area contributed by atoms with Crippen molar-refractivity contribution in [3.63, 3.8) is 0 Å². The molecule has 3 nitrogen and oxygen atoms in total. The summed E-state index contributed by atoms with van der Waals surface area (Å²) < 4.78 is 13.1. The molecule has 0 fully saturated rings. The van der Waals surface area contributed by atoms with Gasteiger partial charge in [0.25, 0.3) is 0 Å². The number of anilines is 1. The third-order valence-corrected chi connectivity index (χ3v) is 4.09. The van der Waals surface area contributed by atoms with E-state index >= 15 is 0 Å². The summed E-state index contributed by atoms with van der Waals surface area (Å²) in [6, 6.07) is 11.7. The van der Waals surface area contributed by atoms with E-state index < -0.39 is 0 Å². The first-order chi connectivity index (χ1) is 11.4. The molecule has 1 amide bonds. The van der Waals surface area contributed by atoms with Gasteiger partial charge in [-0.2, -0.15) is 0 Å². The van der Waals surface area contributed by atoms with Crippen LogP contribution >= 0.6 is 11.6 Å². The molecule has 0 aliphatic heterocycles. The molecule has 0 aliphatic rings. The second-order valence-electron chi connectivity index (χ2n) is 6.16. The van der Waals surface area contributed by atoms with Gasteiger partial charge in [-0.25, -0.2) is 4.39 Å². The standard InChI is InChI=1S/C19H22ClFN2O/c1-12(2)19(14-5-8-16(21)9-6-14)22-11-18(24)23-17-10-15(20)7-4-13(17)3/h4-10,12,19,22H,11H2,1-3H3,(H,23,24)/t19-/m0/s1. The molecule has 0 bridgehead atoms. The molecular weight excluding hydrogens is 327 g/mol. The topological polar surface area (TPSA) is 41.1 Å². The predicted molar refractivity (Wildman–Crippen MR) is 96.8 cm³/mol. The molecule has 0 heterocycles. The Morgan fingerprint density at radius 2 is 1.83 bits per heavy atom. The number of benzene rings is 2. The minimum Gasteiger partial charge on any atom is -0.325 e. The maximum atomic E-state index is 13.1. The number of hydrogen-bond donors (Lipinski definition) is 2. The van der Waals surface area contributed by atoms with Gasteiger partial charge < -0.3 is 10.6 Å². The van der Waals surface area contributed by atoms with E-state index in [0.717, 1.165) is 11.1 Å². The van der Waals surface area contributed by atoms with Crippen LogP contribution < -0.4 is 10.6 Å². The van der Waals surface area contributed by atoms with E-state index in [9.17, 15) is 9.18 Å². The molecule has 2 N–H and O–H groups in total. The Bertz CT molecular complexity index is 701. The Labute approximate surface area is 147 Å². The minimum absolute atomic E-state index is 0.0307. The molecule has 0 spiro atoms. The fourth-order valence-corrected chi connectivity index (χ4v) is 2.71. The van der Waals surface area contributed by atoms with E-state index in [4.69, 9.17) is 11.6 Å². The van der Waals surface area contributed by atoms with Crippen molar-refractivity contribution in [1.82, 2.24) is 5.32 Å².